The first kappa shape index (κ1) is 15.3. The molecule has 1 aromatic carbocycles. The number of rotatable bonds is 5. The van der Waals surface area contributed by atoms with Crippen molar-refractivity contribution in [3.8, 4) is 0 Å². The smallest absolute Gasteiger partial charge is 0.226 e. The highest BCUT2D eigenvalue weighted by molar-refractivity contribution is 6.63. The molecule has 0 radical (unpaired) electrons. The Morgan fingerprint density at radius 2 is 2.20 bits per heavy atom. The summed E-state index contributed by atoms with van der Waals surface area (Å²) in [6, 6.07) is 5.98. The van der Waals surface area contributed by atoms with Gasteiger partial charge in [0.2, 0.25) is 5.24 Å². The summed E-state index contributed by atoms with van der Waals surface area (Å²) in [5, 5.41) is 10.0. The van der Waals surface area contributed by atoms with Crippen LogP contribution in [0.1, 0.15) is 37.8 Å². The van der Waals surface area contributed by atoms with Crippen molar-refractivity contribution >= 4 is 22.5 Å². The zero-order chi connectivity index (χ0) is 14.7. The highest BCUT2D eigenvalue weighted by Crippen LogP contribution is 2.30. The van der Waals surface area contributed by atoms with E-state index in [0.717, 1.165) is 37.1 Å². The normalized spacial score (nSPS) is 16.1. The standard InChI is InChI=1S/C16H22ClNO2/c1-11(2)8-16(20)18-7-3-4-13-9-12(10-15(17)19)5-6-14(13)18/h5-6,9,11,16,20H,3-4,7-8,10H2,1-2H3. The highest BCUT2D eigenvalue weighted by Gasteiger charge is 2.23. The molecule has 1 heterocycles. The third-order valence-corrected chi connectivity index (χ3v) is 3.82. The average molecular weight is 296 g/mol. The Hall–Kier alpha value is -1.06. The predicted octanol–water partition coefficient (Wildman–Crippen LogP) is 3.11. The fraction of sp³-hybridized carbons (Fsp3) is 0.562. The van der Waals surface area contributed by atoms with Gasteiger partial charge in [-0.2, -0.15) is 0 Å². The number of fused-ring (bicyclic) bond motifs is 1. The second-order valence-corrected chi connectivity index (χ2v) is 6.32. The molecule has 20 heavy (non-hydrogen) atoms. The molecule has 1 aliphatic heterocycles. The zero-order valence-electron chi connectivity index (χ0n) is 12.1. The lowest BCUT2D eigenvalue weighted by atomic mass is 9.97. The Morgan fingerprint density at radius 1 is 1.45 bits per heavy atom. The third kappa shape index (κ3) is 3.74. The Kier molecular flexibility index (Phi) is 5.06. The topological polar surface area (TPSA) is 40.5 Å². The average Bonchev–Trinajstić information content (AvgIpc) is 2.36. The van der Waals surface area contributed by atoms with Gasteiger partial charge in [-0.15, -0.1) is 0 Å². The van der Waals surface area contributed by atoms with Crippen LogP contribution >= 0.6 is 11.6 Å². The zero-order valence-corrected chi connectivity index (χ0v) is 12.9. The molecule has 0 saturated heterocycles. The first-order valence-corrected chi connectivity index (χ1v) is 7.60. The largest absolute Gasteiger partial charge is 0.374 e. The number of halogens is 1. The van der Waals surface area contributed by atoms with Crippen LogP contribution in [0.2, 0.25) is 0 Å². The van der Waals surface area contributed by atoms with Gasteiger partial charge in [0.25, 0.3) is 0 Å². The van der Waals surface area contributed by atoms with Crippen LogP contribution in [0.3, 0.4) is 0 Å². The fourth-order valence-corrected chi connectivity index (χ4v) is 2.96. The monoisotopic (exact) mass is 295 g/mol. The van der Waals surface area contributed by atoms with Gasteiger partial charge in [-0.1, -0.05) is 26.0 Å². The van der Waals surface area contributed by atoms with Crippen molar-refractivity contribution in [2.45, 2.75) is 45.8 Å². The van der Waals surface area contributed by atoms with Gasteiger partial charge >= 0.3 is 0 Å². The van der Waals surface area contributed by atoms with Crippen LogP contribution < -0.4 is 4.90 Å². The van der Waals surface area contributed by atoms with Gasteiger partial charge in [0.05, 0.1) is 0 Å². The second kappa shape index (κ2) is 6.59. The lowest BCUT2D eigenvalue weighted by Crippen LogP contribution is -2.39. The van der Waals surface area contributed by atoms with Crippen LogP contribution in [-0.2, 0) is 17.6 Å². The van der Waals surface area contributed by atoms with Crippen molar-refractivity contribution in [3.05, 3.63) is 29.3 Å². The maximum Gasteiger partial charge on any atom is 0.226 e. The van der Waals surface area contributed by atoms with Gasteiger partial charge in [-0.25, -0.2) is 0 Å². The first-order chi connectivity index (χ1) is 9.47. The van der Waals surface area contributed by atoms with Gasteiger partial charge < -0.3 is 10.0 Å². The summed E-state index contributed by atoms with van der Waals surface area (Å²) < 4.78 is 0. The van der Waals surface area contributed by atoms with Crippen molar-refractivity contribution in [3.63, 3.8) is 0 Å². The van der Waals surface area contributed by atoms with E-state index in [-0.39, 0.29) is 11.7 Å². The molecule has 0 saturated carbocycles. The van der Waals surface area contributed by atoms with E-state index in [4.69, 9.17) is 11.6 Å². The molecule has 0 aliphatic carbocycles. The molecule has 1 aromatic rings. The Morgan fingerprint density at radius 3 is 2.85 bits per heavy atom. The molecule has 1 unspecified atom stereocenters. The summed E-state index contributed by atoms with van der Waals surface area (Å²) in [6.45, 7) is 5.11. The molecule has 1 atom stereocenters. The Bertz CT molecular complexity index is 487. The van der Waals surface area contributed by atoms with E-state index in [2.05, 4.69) is 18.7 Å². The van der Waals surface area contributed by atoms with E-state index < -0.39 is 6.23 Å². The van der Waals surface area contributed by atoms with Gasteiger partial charge in [-0.05, 0) is 54.0 Å². The molecule has 0 spiro atoms. The highest BCUT2D eigenvalue weighted by atomic mass is 35.5. The fourth-order valence-electron chi connectivity index (χ4n) is 2.81. The number of nitrogens with zero attached hydrogens (tertiary/aromatic N) is 1. The van der Waals surface area contributed by atoms with Crippen molar-refractivity contribution in [2.24, 2.45) is 5.92 Å². The maximum absolute atomic E-state index is 11.0. The number of anilines is 1. The van der Waals surface area contributed by atoms with Gasteiger partial charge in [0, 0.05) is 18.7 Å². The summed E-state index contributed by atoms with van der Waals surface area (Å²) in [6.07, 6.45) is 2.62. The molecular weight excluding hydrogens is 274 g/mol. The minimum Gasteiger partial charge on any atom is -0.374 e. The quantitative estimate of drug-likeness (QED) is 0.849. The molecule has 0 amide bonds. The number of benzene rings is 1. The van der Waals surface area contributed by atoms with E-state index in [9.17, 15) is 9.90 Å². The molecule has 0 bridgehead atoms. The molecule has 4 heteroatoms. The van der Waals surface area contributed by atoms with E-state index in [1.54, 1.807) is 0 Å². The van der Waals surface area contributed by atoms with Crippen LogP contribution in [0.15, 0.2) is 18.2 Å². The minimum absolute atomic E-state index is 0.267. The summed E-state index contributed by atoms with van der Waals surface area (Å²) >= 11 is 5.44. The van der Waals surface area contributed by atoms with Crippen LogP contribution in [0.4, 0.5) is 5.69 Å². The molecular formula is C16H22ClNO2. The Balaban J connectivity index is 2.21. The summed E-state index contributed by atoms with van der Waals surface area (Å²) in [7, 11) is 0. The predicted molar refractivity (Wildman–Crippen MR) is 82.1 cm³/mol. The number of aliphatic hydroxyl groups excluding tert-OH is 1. The van der Waals surface area contributed by atoms with Crippen LogP contribution in [0.5, 0.6) is 0 Å². The van der Waals surface area contributed by atoms with E-state index in [1.807, 2.05) is 18.2 Å². The number of aryl methyl sites for hydroxylation is 1. The molecule has 110 valence electrons. The lowest BCUT2D eigenvalue weighted by molar-refractivity contribution is -0.111. The minimum atomic E-state index is -0.436. The lowest BCUT2D eigenvalue weighted by Gasteiger charge is -2.36. The number of aliphatic hydroxyl groups is 1. The van der Waals surface area contributed by atoms with Crippen molar-refractivity contribution < 1.29 is 9.90 Å². The molecule has 2 rings (SSSR count). The SMILES string of the molecule is CC(C)CC(O)N1CCCc2cc(CC(=O)Cl)ccc21. The van der Waals surface area contributed by atoms with E-state index in [1.165, 1.54) is 5.56 Å². The second-order valence-electron chi connectivity index (χ2n) is 5.90. The van der Waals surface area contributed by atoms with E-state index in [0.29, 0.717) is 5.92 Å². The summed E-state index contributed by atoms with van der Waals surface area (Å²) in [4.78, 5) is 13.1. The molecule has 3 nitrogen and oxygen atoms in total. The van der Waals surface area contributed by atoms with Crippen LogP contribution in [0, 0.1) is 5.92 Å². The van der Waals surface area contributed by atoms with Crippen molar-refractivity contribution in [2.75, 3.05) is 11.4 Å². The van der Waals surface area contributed by atoms with Gasteiger partial charge in [0.15, 0.2) is 0 Å². The maximum atomic E-state index is 11.0. The number of hydrogen-bond donors (Lipinski definition) is 1. The first-order valence-electron chi connectivity index (χ1n) is 7.22. The van der Waals surface area contributed by atoms with E-state index >= 15 is 0 Å². The van der Waals surface area contributed by atoms with Crippen molar-refractivity contribution in [1.29, 1.82) is 0 Å². The van der Waals surface area contributed by atoms with Crippen LogP contribution in [0.25, 0.3) is 0 Å². The summed E-state index contributed by atoms with van der Waals surface area (Å²) in [5.74, 6) is 0.462. The molecule has 1 N–H and O–H groups in total. The third-order valence-electron chi connectivity index (χ3n) is 3.68. The molecule has 0 fully saturated rings. The molecule has 0 aromatic heterocycles. The van der Waals surface area contributed by atoms with Gasteiger partial charge in [-0.3, -0.25) is 4.79 Å². The van der Waals surface area contributed by atoms with Gasteiger partial charge in [0.1, 0.15) is 6.23 Å². The number of carbonyl (C=O) groups is 1. The van der Waals surface area contributed by atoms with Crippen LogP contribution in [-0.4, -0.2) is 23.1 Å². The number of carbonyl (C=O) groups excluding carboxylic acids is 1. The summed E-state index contributed by atoms with van der Waals surface area (Å²) in [5.41, 5.74) is 3.24. The van der Waals surface area contributed by atoms with Crippen molar-refractivity contribution in [1.82, 2.24) is 0 Å². The number of hydrogen-bond acceptors (Lipinski definition) is 3. The Labute approximate surface area is 125 Å². The molecule has 1 aliphatic rings.